The predicted molar refractivity (Wildman–Crippen MR) is 68.2 cm³/mol. The van der Waals surface area contributed by atoms with E-state index in [4.69, 9.17) is 10.4 Å². The maximum Gasteiger partial charge on any atom is 0.338 e. The van der Waals surface area contributed by atoms with Crippen LogP contribution in [0.5, 0.6) is 0 Å². The van der Waals surface area contributed by atoms with Gasteiger partial charge in [0.25, 0.3) is 0 Å². The van der Waals surface area contributed by atoms with Crippen molar-refractivity contribution in [1.29, 1.82) is 5.26 Å². The van der Waals surface area contributed by atoms with Gasteiger partial charge in [0.15, 0.2) is 0 Å². The van der Waals surface area contributed by atoms with Gasteiger partial charge >= 0.3 is 5.97 Å². The van der Waals surface area contributed by atoms with Crippen molar-refractivity contribution in [2.75, 3.05) is 11.9 Å². The van der Waals surface area contributed by atoms with E-state index < -0.39 is 5.97 Å². The van der Waals surface area contributed by atoms with Crippen LogP contribution in [0.15, 0.2) is 36.7 Å². The zero-order chi connectivity index (χ0) is 13.8. The summed E-state index contributed by atoms with van der Waals surface area (Å²) in [6.45, 7) is 0. The van der Waals surface area contributed by atoms with Crippen LogP contribution in [-0.2, 0) is 0 Å². The van der Waals surface area contributed by atoms with Gasteiger partial charge in [0.1, 0.15) is 0 Å². The van der Waals surface area contributed by atoms with E-state index in [0.29, 0.717) is 11.5 Å². The first kappa shape index (κ1) is 12.5. The summed E-state index contributed by atoms with van der Waals surface area (Å²) in [5, 5.41) is 17.6. The molecule has 1 aromatic heterocycles. The zero-order valence-electron chi connectivity index (χ0n) is 10.1. The second-order valence-electron chi connectivity index (χ2n) is 3.80. The largest absolute Gasteiger partial charge is 0.478 e. The van der Waals surface area contributed by atoms with Gasteiger partial charge in [-0.3, -0.25) is 0 Å². The average molecular weight is 254 g/mol. The van der Waals surface area contributed by atoms with Gasteiger partial charge in [-0.25, -0.2) is 14.8 Å². The van der Waals surface area contributed by atoms with Gasteiger partial charge in [-0.1, -0.05) is 6.07 Å². The Morgan fingerprint density at radius 2 is 2.05 bits per heavy atom. The quantitative estimate of drug-likeness (QED) is 0.898. The first-order chi connectivity index (χ1) is 9.11. The number of nitrogens with zero attached hydrogens (tertiary/aromatic N) is 4. The molecule has 1 heterocycles. The highest BCUT2D eigenvalue weighted by Crippen LogP contribution is 2.20. The van der Waals surface area contributed by atoms with Crippen LogP contribution in [0.1, 0.15) is 15.9 Å². The molecule has 94 valence electrons. The van der Waals surface area contributed by atoms with Gasteiger partial charge in [0.2, 0.25) is 5.95 Å². The summed E-state index contributed by atoms with van der Waals surface area (Å²) in [6, 6.07) is 9.03. The molecule has 0 saturated carbocycles. The van der Waals surface area contributed by atoms with E-state index in [1.54, 1.807) is 30.1 Å². The number of anilines is 2. The van der Waals surface area contributed by atoms with E-state index in [9.17, 15) is 4.79 Å². The Kier molecular flexibility index (Phi) is 3.39. The lowest BCUT2D eigenvalue weighted by molar-refractivity contribution is 0.0696. The average Bonchev–Trinajstić information content (AvgIpc) is 2.46. The summed E-state index contributed by atoms with van der Waals surface area (Å²) in [4.78, 5) is 20.3. The Bertz CT molecular complexity index is 646. The topological polar surface area (TPSA) is 90.1 Å². The van der Waals surface area contributed by atoms with Crippen molar-refractivity contribution < 1.29 is 9.90 Å². The van der Waals surface area contributed by atoms with Crippen LogP contribution in [0.3, 0.4) is 0 Å². The Hall–Kier alpha value is -2.94. The summed E-state index contributed by atoms with van der Waals surface area (Å²) >= 11 is 0. The molecule has 0 spiro atoms. The van der Waals surface area contributed by atoms with Gasteiger partial charge in [0, 0.05) is 25.1 Å². The third-order valence-electron chi connectivity index (χ3n) is 2.55. The lowest BCUT2D eigenvalue weighted by atomic mass is 10.2. The fourth-order valence-corrected chi connectivity index (χ4v) is 1.50. The zero-order valence-corrected chi connectivity index (χ0v) is 10.1. The highest BCUT2D eigenvalue weighted by molar-refractivity contribution is 5.86. The van der Waals surface area contributed by atoms with E-state index in [2.05, 4.69) is 16.0 Å². The Morgan fingerprint density at radius 1 is 1.37 bits per heavy atom. The number of aromatic nitrogens is 2. The van der Waals surface area contributed by atoms with Crippen LogP contribution < -0.4 is 4.90 Å². The molecule has 19 heavy (non-hydrogen) atoms. The number of benzene rings is 1. The van der Waals surface area contributed by atoms with Crippen molar-refractivity contribution in [3.63, 3.8) is 0 Å². The molecule has 1 N–H and O–H groups in total. The minimum atomic E-state index is -1.07. The molecule has 2 rings (SSSR count). The molecule has 0 fully saturated rings. The normalized spacial score (nSPS) is 9.68. The van der Waals surface area contributed by atoms with Crippen LogP contribution in [0.2, 0.25) is 0 Å². The van der Waals surface area contributed by atoms with Crippen LogP contribution in [0.25, 0.3) is 0 Å². The molecule has 0 atom stereocenters. The van der Waals surface area contributed by atoms with E-state index in [-0.39, 0.29) is 5.56 Å². The number of nitriles is 1. The SMILES string of the molecule is CN(c1cccc(C#N)c1)c1ncc(C(=O)O)cn1. The van der Waals surface area contributed by atoms with Crippen LogP contribution in [-0.4, -0.2) is 28.1 Å². The van der Waals surface area contributed by atoms with E-state index >= 15 is 0 Å². The van der Waals surface area contributed by atoms with Gasteiger partial charge < -0.3 is 10.0 Å². The highest BCUT2D eigenvalue weighted by atomic mass is 16.4. The molecule has 0 saturated heterocycles. The van der Waals surface area contributed by atoms with Gasteiger partial charge in [-0.2, -0.15) is 5.26 Å². The van der Waals surface area contributed by atoms with Crippen molar-refractivity contribution in [3.8, 4) is 6.07 Å². The Morgan fingerprint density at radius 3 is 2.63 bits per heavy atom. The van der Waals surface area contributed by atoms with Gasteiger partial charge in [-0.15, -0.1) is 0 Å². The molecular formula is C13H10N4O2. The molecule has 0 unspecified atom stereocenters. The molecule has 0 amide bonds. The first-order valence-electron chi connectivity index (χ1n) is 5.41. The number of carbonyl (C=O) groups is 1. The molecule has 0 radical (unpaired) electrons. The van der Waals surface area contributed by atoms with Crippen molar-refractivity contribution in [1.82, 2.24) is 9.97 Å². The fraction of sp³-hybridized carbons (Fsp3) is 0.0769. The summed E-state index contributed by atoms with van der Waals surface area (Å²) in [5.74, 6) is -0.708. The number of carboxylic acids is 1. The standard InChI is InChI=1S/C13H10N4O2/c1-17(11-4-2-3-9(5-11)6-14)13-15-7-10(8-16-13)12(18)19/h2-5,7-8H,1H3,(H,18,19). The van der Waals surface area contributed by atoms with Gasteiger partial charge in [0.05, 0.1) is 17.2 Å². The lowest BCUT2D eigenvalue weighted by Crippen LogP contribution is -2.13. The van der Waals surface area contributed by atoms with Crippen LogP contribution in [0.4, 0.5) is 11.6 Å². The highest BCUT2D eigenvalue weighted by Gasteiger charge is 2.09. The predicted octanol–water partition coefficient (Wildman–Crippen LogP) is 1.81. The fourth-order valence-electron chi connectivity index (χ4n) is 1.50. The van der Waals surface area contributed by atoms with Crippen molar-refractivity contribution in [2.24, 2.45) is 0 Å². The second-order valence-corrected chi connectivity index (χ2v) is 3.80. The van der Waals surface area contributed by atoms with E-state index in [0.717, 1.165) is 5.69 Å². The number of aromatic carboxylic acids is 1. The number of carboxylic acid groups (broad SMARTS) is 1. The molecule has 2 aromatic rings. The third-order valence-corrected chi connectivity index (χ3v) is 2.55. The van der Waals surface area contributed by atoms with E-state index in [1.807, 2.05) is 6.07 Å². The lowest BCUT2D eigenvalue weighted by Gasteiger charge is -2.16. The number of rotatable bonds is 3. The number of hydrogen-bond donors (Lipinski definition) is 1. The Labute approximate surface area is 109 Å². The molecule has 6 heteroatoms. The molecule has 0 aliphatic rings. The molecule has 0 bridgehead atoms. The molecule has 6 nitrogen and oxygen atoms in total. The second kappa shape index (κ2) is 5.14. The third kappa shape index (κ3) is 2.66. The van der Waals surface area contributed by atoms with Crippen molar-refractivity contribution in [3.05, 3.63) is 47.8 Å². The molecule has 1 aromatic carbocycles. The summed E-state index contributed by atoms with van der Waals surface area (Å²) in [6.07, 6.45) is 2.49. The monoisotopic (exact) mass is 254 g/mol. The molecule has 0 aliphatic carbocycles. The Balaban J connectivity index is 2.30. The molecule has 0 aliphatic heterocycles. The van der Waals surface area contributed by atoms with Gasteiger partial charge in [-0.05, 0) is 18.2 Å². The molecular weight excluding hydrogens is 244 g/mol. The van der Waals surface area contributed by atoms with Crippen LogP contribution in [0, 0.1) is 11.3 Å². The van der Waals surface area contributed by atoms with Crippen molar-refractivity contribution >= 4 is 17.6 Å². The maximum absolute atomic E-state index is 10.7. The number of hydrogen-bond acceptors (Lipinski definition) is 5. The summed E-state index contributed by atoms with van der Waals surface area (Å²) in [5.41, 5.74) is 1.32. The van der Waals surface area contributed by atoms with Crippen LogP contribution >= 0.6 is 0 Å². The minimum Gasteiger partial charge on any atom is -0.478 e. The summed E-state index contributed by atoms with van der Waals surface area (Å²) < 4.78 is 0. The smallest absolute Gasteiger partial charge is 0.338 e. The van der Waals surface area contributed by atoms with Crippen molar-refractivity contribution in [2.45, 2.75) is 0 Å². The van der Waals surface area contributed by atoms with E-state index in [1.165, 1.54) is 12.4 Å². The summed E-state index contributed by atoms with van der Waals surface area (Å²) in [7, 11) is 1.74. The minimum absolute atomic E-state index is 0.0305. The first-order valence-corrected chi connectivity index (χ1v) is 5.41. The maximum atomic E-state index is 10.7.